The normalized spacial score (nSPS) is 10.4. The lowest BCUT2D eigenvalue weighted by molar-refractivity contribution is 0.621. The summed E-state index contributed by atoms with van der Waals surface area (Å²) in [6.45, 7) is 2.12. The van der Waals surface area contributed by atoms with E-state index in [-0.39, 0.29) is 10.5 Å². The largest absolute Gasteiger partial charge is 0.389 e. The van der Waals surface area contributed by atoms with Crippen LogP contribution in [-0.4, -0.2) is 9.56 Å². The molecule has 2 rings (SSSR count). The molecule has 0 aliphatic carbocycles. The number of hydrogen-bond donors (Lipinski definition) is 1. The lowest BCUT2D eigenvalue weighted by atomic mass is 10.1. The number of halogens is 1. The maximum absolute atomic E-state index is 13.5. The highest BCUT2D eigenvalue weighted by atomic mass is 32.1. The molecule has 0 atom stereocenters. The summed E-state index contributed by atoms with van der Waals surface area (Å²) in [7, 11) is 0. The summed E-state index contributed by atoms with van der Waals surface area (Å²) in [5.74, 6) is -0.415. The van der Waals surface area contributed by atoms with Crippen LogP contribution < -0.4 is 11.3 Å². The molecular weight excluding hydrogens is 263 g/mol. The van der Waals surface area contributed by atoms with Gasteiger partial charge < -0.3 is 10.3 Å². The van der Waals surface area contributed by atoms with Gasteiger partial charge in [-0.2, -0.15) is 0 Å². The summed E-state index contributed by atoms with van der Waals surface area (Å²) < 4.78 is 15.1. The van der Waals surface area contributed by atoms with Crippen molar-refractivity contribution in [3.63, 3.8) is 0 Å². The number of nitrogens with two attached hydrogens (primary N) is 1. The van der Waals surface area contributed by atoms with Gasteiger partial charge in [0.05, 0.1) is 6.54 Å². The lowest BCUT2D eigenvalue weighted by Gasteiger charge is -2.10. The molecule has 5 heteroatoms. The van der Waals surface area contributed by atoms with Gasteiger partial charge in [0.15, 0.2) is 0 Å². The average Bonchev–Trinajstić information content (AvgIpc) is 2.33. The van der Waals surface area contributed by atoms with Gasteiger partial charge in [-0.05, 0) is 36.8 Å². The van der Waals surface area contributed by atoms with Gasteiger partial charge in [-0.1, -0.05) is 18.3 Å². The Morgan fingerprint density at radius 1 is 1.37 bits per heavy atom. The van der Waals surface area contributed by atoms with Crippen LogP contribution in [0.25, 0.3) is 0 Å². The predicted octanol–water partition coefficient (Wildman–Crippen LogP) is 1.98. The van der Waals surface area contributed by atoms with Crippen LogP contribution in [0.2, 0.25) is 0 Å². The fourth-order valence-electron chi connectivity index (χ4n) is 1.89. The van der Waals surface area contributed by atoms with Crippen LogP contribution in [0.5, 0.6) is 0 Å². The minimum absolute atomic E-state index is 0.124. The van der Waals surface area contributed by atoms with Gasteiger partial charge in [0.1, 0.15) is 10.8 Å². The standard InChI is InChI=1S/C14H13FN2OS/c1-9-3-2-4-13(18)17(9)8-10-5-11(14(16)19)7-12(15)6-10/h2-7H,8H2,1H3,(H2,16,19). The molecule has 2 N–H and O–H groups in total. The van der Waals surface area contributed by atoms with Crippen molar-refractivity contribution >= 4 is 17.2 Å². The van der Waals surface area contributed by atoms with Gasteiger partial charge in [-0.3, -0.25) is 4.79 Å². The fraction of sp³-hybridized carbons (Fsp3) is 0.143. The van der Waals surface area contributed by atoms with Crippen molar-refractivity contribution in [1.29, 1.82) is 0 Å². The second-order valence-electron chi connectivity index (χ2n) is 4.30. The van der Waals surface area contributed by atoms with Crippen molar-refractivity contribution in [1.82, 2.24) is 4.57 Å². The van der Waals surface area contributed by atoms with Crippen molar-refractivity contribution in [2.75, 3.05) is 0 Å². The van der Waals surface area contributed by atoms with Gasteiger partial charge in [0, 0.05) is 17.3 Å². The Hall–Kier alpha value is -2.01. The summed E-state index contributed by atoms with van der Waals surface area (Å²) in [6, 6.07) is 9.35. The molecule has 0 spiro atoms. The van der Waals surface area contributed by atoms with Crippen molar-refractivity contribution in [3.05, 3.63) is 69.4 Å². The van der Waals surface area contributed by atoms with Gasteiger partial charge in [-0.25, -0.2) is 4.39 Å². The minimum Gasteiger partial charge on any atom is -0.389 e. The number of benzene rings is 1. The second-order valence-corrected chi connectivity index (χ2v) is 4.74. The van der Waals surface area contributed by atoms with Crippen LogP contribution in [0.15, 0.2) is 41.2 Å². The minimum atomic E-state index is -0.415. The van der Waals surface area contributed by atoms with E-state index in [1.807, 2.05) is 13.0 Å². The van der Waals surface area contributed by atoms with E-state index in [2.05, 4.69) is 0 Å². The third-order valence-electron chi connectivity index (χ3n) is 2.85. The Kier molecular flexibility index (Phi) is 3.76. The summed E-state index contributed by atoms with van der Waals surface area (Å²) >= 11 is 4.84. The van der Waals surface area contributed by atoms with Crippen LogP contribution >= 0.6 is 12.2 Å². The first-order chi connectivity index (χ1) is 8.97. The Labute approximate surface area is 115 Å². The van der Waals surface area contributed by atoms with Crippen LogP contribution in [0, 0.1) is 12.7 Å². The smallest absolute Gasteiger partial charge is 0.251 e. The third kappa shape index (κ3) is 3.06. The number of aryl methyl sites for hydroxylation is 1. The van der Waals surface area contributed by atoms with Crippen LogP contribution in [-0.2, 0) is 6.54 Å². The summed E-state index contributed by atoms with van der Waals surface area (Å²) in [6.07, 6.45) is 0. The molecule has 1 aromatic heterocycles. The second kappa shape index (κ2) is 5.32. The molecule has 0 saturated carbocycles. The SMILES string of the molecule is Cc1cccc(=O)n1Cc1cc(F)cc(C(N)=S)c1. The zero-order valence-electron chi connectivity index (χ0n) is 10.4. The van der Waals surface area contributed by atoms with Crippen molar-refractivity contribution in [2.45, 2.75) is 13.5 Å². The maximum Gasteiger partial charge on any atom is 0.251 e. The molecular formula is C14H13FN2OS. The highest BCUT2D eigenvalue weighted by Gasteiger charge is 2.06. The number of thiocarbonyl (C=S) groups is 1. The first kappa shape index (κ1) is 13.4. The van der Waals surface area contributed by atoms with E-state index in [1.54, 1.807) is 16.7 Å². The molecule has 0 unspecified atom stereocenters. The molecule has 19 heavy (non-hydrogen) atoms. The van der Waals surface area contributed by atoms with E-state index in [4.69, 9.17) is 18.0 Å². The Morgan fingerprint density at radius 3 is 2.74 bits per heavy atom. The van der Waals surface area contributed by atoms with E-state index in [0.717, 1.165) is 5.69 Å². The van der Waals surface area contributed by atoms with Crippen molar-refractivity contribution in [2.24, 2.45) is 5.73 Å². The molecule has 1 aromatic carbocycles. The number of rotatable bonds is 3. The van der Waals surface area contributed by atoms with Gasteiger partial charge in [-0.15, -0.1) is 0 Å². The first-order valence-corrected chi connectivity index (χ1v) is 6.14. The summed E-state index contributed by atoms with van der Waals surface area (Å²) in [5.41, 5.74) is 7.31. The monoisotopic (exact) mass is 276 g/mol. The van der Waals surface area contributed by atoms with Gasteiger partial charge in [0.2, 0.25) is 0 Å². The number of aromatic nitrogens is 1. The Morgan fingerprint density at radius 2 is 2.11 bits per heavy atom. The topological polar surface area (TPSA) is 48.0 Å². The molecule has 0 bridgehead atoms. The molecule has 98 valence electrons. The molecule has 0 aliphatic heterocycles. The fourth-order valence-corrected chi connectivity index (χ4v) is 2.01. The first-order valence-electron chi connectivity index (χ1n) is 5.73. The molecule has 0 saturated heterocycles. The molecule has 3 nitrogen and oxygen atoms in total. The highest BCUT2D eigenvalue weighted by molar-refractivity contribution is 7.80. The van der Waals surface area contributed by atoms with Crippen LogP contribution in [0.4, 0.5) is 4.39 Å². The molecule has 0 aliphatic rings. The van der Waals surface area contributed by atoms with E-state index >= 15 is 0 Å². The zero-order chi connectivity index (χ0) is 14.0. The average molecular weight is 276 g/mol. The van der Waals surface area contributed by atoms with E-state index in [9.17, 15) is 9.18 Å². The lowest BCUT2D eigenvalue weighted by Crippen LogP contribution is -2.21. The number of pyridine rings is 1. The van der Waals surface area contributed by atoms with Crippen molar-refractivity contribution in [3.8, 4) is 0 Å². The van der Waals surface area contributed by atoms with Gasteiger partial charge >= 0.3 is 0 Å². The quantitative estimate of drug-likeness (QED) is 0.872. The maximum atomic E-state index is 13.5. The number of hydrogen-bond acceptors (Lipinski definition) is 2. The molecule has 2 aromatic rings. The van der Waals surface area contributed by atoms with E-state index in [0.29, 0.717) is 17.7 Å². The van der Waals surface area contributed by atoms with E-state index < -0.39 is 5.82 Å². The summed E-state index contributed by atoms with van der Waals surface area (Å²) in [5, 5.41) is 0. The molecule has 0 radical (unpaired) electrons. The Balaban J connectivity index is 2.44. The number of nitrogens with zero attached hydrogens (tertiary/aromatic N) is 1. The predicted molar refractivity (Wildman–Crippen MR) is 76.8 cm³/mol. The summed E-state index contributed by atoms with van der Waals surface area (Å²) in [4.78, 5) is 11.9. The van der Waals surface area contributed by atoms with Crippen LogP contribution in [0.1, 0.15) is 16.8 Å². The van der Waals surface area contributed by atoms with E-state index in [1.165, 1.54) is 18.2 Å². The van der Waals surface area contributed by atoms with Crippen molar-refractivity contribution < 1.29 is 4.39 Å². The molecule has 0 amide bonds. The molecule has 1 heterocycles. The highest BCUT2D eigenvalue weighted by Crippen LogP contribution is 2.11. The van der Waals surface area contributed by atoms with Crippen LogP contribution in [0.3, 0.4) is 0 Å². The zero-order valence-corrected chi connectivity index (χ0v) is 11.2. The Bertz CT molecular complexity index is 694. The molecule has 0 fully saturated rings. The van der Waals surface area contributed by atoms with Gasteiger partial charge in [0.25, 0.3) is 5.56 Å². The third-order valence-corrected chi connectivity index (χ3v) is 3.09.